The van der Waals surface area contributed by atoms with Gasteiger partial charge in [0.15, 0.2) is 11.3 Å². The number of nitrogens with zero attached hydrogens (tertiary/aromatic N) is 4. The van der Waals surface area contributed by atoms with E-state index in [-0.39, 0.29) is 17.6 Å². The molecule has 2 aromatic rings. The molecule has 9 heteroatoms. The zero-order chi connectivity index (χ0) is 20.7. The van der Waals surface area contributed by atoms with Crippen LogP contribution < -0.4 is 10.2 Å². The molecule has 8 nitrogen and oxygen atoms in total. The second-order valence-electron chi connectivity index (χ2n) is 7.79. The van der Waals surface area contributed by atoms with Crippen LogP contribution in [-0.2, 0) is 9.53 Å². The van der Waals surface area contributed by atoms with Crippen LogP contribution in [0.3, 0.4) is 0 Å². The SMILES string of the molecule is O=C(NC1CCOC1=O)c1cnc2ccc(N3CCCC3C3=CC(F)=CCC3)nn12. The molecule has 2 aliphatic heterocycles. The van der Waals surface area contributed by atoms with Crippen LogP contribution in [0.25, 0.3) is 5.65 Å². The molecule has 2 atom stereocenters. The Morgan fingerprint density at radius 3 is 3.00 bits per heavy atom. The average Bonchev–Trinajstić information content (AvgIpc) is 3.47. The predicted molar refractivity (Wildman–Crippen MR) is 107 cm³/mol. The molecule has 2 aromatic heterocycles. The number of carbonyl (C=O) groups is 2. The summed E-state index contributed by atoms with van der Waals surface area (Å²) in [5, 5.41) is 7.36. The molecule has 1 N–H and O–H groups in total. The average molecular weight is 411 g/mol. The van der Waals surface area contributed by atoms with Crippen LogP contribution in [-0.4, -0.2) is 51.7 Å². The number of esters is 1. The Kier molecular flexibility index (Phi) is 4.72. The lowest BCUT2D eigenvalue weighted by molar-refractivity contribution is -0.139. The number of aromatic nitrogens is 3. The molecule has 1 amide bonds. The highest BCUT2D eigenvalue weighted by molar-refractivity contribution is 5.96. The van der Waals surface area contributed by atoms with Gasteiger partial charge in [-0.1, -0.05) is 0 Å². The Bertz CT molecular complexity index is 1080. The first-order valence-corrected chi connectivity index (χ1v) is 10.3. The molecule has 2 fully saturated rings. The molecular weight excluding hydrogens is 389 g/mol. The highest BCUT2D eigenvalue weighted by Gasteiger charge is 2.31. The number of hydrogen-bond acceptors (Lipinski definition) is 6. The maximum absolute atomic E-state index is 13.8. The lowest BCUT2D eigenvalue weighted by atomic mass is 9.95. The van der Waals surface area contributed by atoms with E-state index in [1.807, 2.05) is 12.1 Å². The van der Waals surface area contributed by atoms with Crippen LogP contribution in [0.2, 0.25) is 0 Å². The molecule has 5 rings (SSSR count). The Morgan fingerprint density at radius 2 is 2.20 bits per heavy atom. The van der Waals surface area contributed by atoms with Gasteiger partial charge in [-0.25, -0.2) is 18.7 Å². The number of carbonyl (C=O) groups excluding carboxylic acids is 2. The molecule has 0 radical (unpaired) electrons. The molecule has 156 valence electrons. The van der Waals surface area contributed by atoms with Gasteiger partial charge in [-0.05, 0) is 55.5 Å². The third kappa shape index (κ3) is 3.34. The topological polar surface area (TPSA) is 88.8 Å². The molecule has 3 aliphatic rings. The first-order chi connectivity index (χ1) is 14.6. The minimum atomic E-state index is -0.643. The number of nitrogens with one attached hydrogen (secondary N) is 1. The standard InChI is InChI=1S/C21H22FN5O3/c22-14-4-1-3-13(11-14)16-5-2-9-26(16)19-7-6-18-23-12-17(27(18)25-19)20(28)24-15-8-10-30-21(15)29/h4,6-7,11-12,15-16H,1-3,5,8-10H2,(H,24,28). The second kappa shape index (κ2) is 7.55. The van der Waals surface area contributed by atoms with E-state index in [0.717, 1.165) is 31.4 Å². The number of imidazole rings is 1. The summed E-state index contributed by atoms with van der Waals surface area (Å²) in [5.74, 6) is -0.303. The Morgan fingerprint density at radius 1 is 1.30 bits per heavy atom. The highest BCUT2D eigenvalue weighted by atomic mass is 19.1. The number of cyclic esters (lactones) is 1. The Hall–Kier alpha value is -3.23. The summed E-state index contributed by atoms with van der Waals surface area (Å²) in [4.78, 5) is 30.8. The van der Waals surface area contributed by atoms with Crippen LogP contribution in [0.1, 0.15) is 42.6 Å². The van der Waals surface area contributed by atoms with E-state index < -0.39 is 17.9 Å². The van der Waals surface area contributed by atoms with Gasteiger partial charge >= 0.3 is 5.97 Å². The van der Waals surface area contributed by atoms with Crippen LogP contribution in [0.15, 0.2) is 41.9 Å². The van der Waals surface area contributed by atoms with Crippen molar-refractivity contribution in [2.45, 2.75) is 44.2 Å². The third-order valence-electron chi connectivity index (χ3n) is 5.89. The van der Waals surface area contributed by atoms with Crippen molar-refractivity contribution >= 4 is 23.3 Å². The highest BCUT2D eigenvalue weighted by Crippen LogP contribution is 2.33. The van der Waals surface area contributed by atoms with Crippen molar-refractivity contribution in [3.05, 3.63) is 47.6 Å². The number of rotatable bonds is 4. The van der Waals surface area contributed by atoms with Gasteiger partial charge in [-0.2, -0.15) is 0 Å². The van der Waals surface area contributed by atoms with E-state index in [4.69, 9.17) is 4.74 Å². The fraction of sp³-hybridized carbons (Fsp3) is 0.429. The van der Waals surface area contributed by atoms with Crippen molar-refractivity contribution in [2.75, 3.05) is 18.1 Å². The fourth-order valence-electron chi connectivity index (χ4n) is 4.40. The van der Waals surface area contributed by atoms with Crippen molar-refractivity contribution in [1.82, 2.24) is 19.9 Å². The molecule has 30 heavy (non-hydrogen) atoms. The van der Waals surface area contributed by atoms with Crippen molar-refractivity contribution in [3.63, 3.8) is 0 Å². The smallest absolute Gasteiger partial charge is 0.328 e. The first-order valence-electron chi connectivity index (χ1n) is 10.3. The monoisotopic (exact) mass is 411 g/mol. The summed E-state index contributed by atoms with van der Waals surface area (Å²) in [6.45, 7) is 1.12. The van der Waals surface area contributed by atoms with Gasteiger partial charge in [0.05, 0.1) is 18.8 Å². The fourth-order valence-corrected chi connectivity index (χ4v) is 4.40. The van der Waals surface area contributed by atoms with Gasteiger partial charge in [0.25, 0.3) is 5.91 Å². The van der Waals surface area contributed by atoms with Crippen molar-refractivity contribution in [1.29, 1.82) is 0 Å². The number of amides is 1. The summed E-state index contributed by atoms with van der Waals surface area (Å²) >= 11 is 0. The lowest BCUT2D eigenvalue weighted by Crippen LogP contribution is -2.38. The quantitative estimate of drug-likeness (QED) is 0.777. The van der Waals surface area contributed by atoms with E-state index in [1.165, 1.54) is 10.7 Å². The van der Waals surface area contributed by atoms with Crippen molar-refractivity contribution in [2.24, 2.45) is 0 Å². The number of halogens is 1. The molecule has 0 spiro atoms. The first kappa shape index (κ1) is 18.8. The number of fused-ring (bicyclic) bond motifs is 1. The maximum Gasteiger partial charge on any atom is 0.328 e. The number of ether oxygens (including phenoxy) is 1. The molecule has 2 unspecified atom stereocenters. The van der Waals surface area contributed by atoms with Crippen LogP contribution >= 0.6 is 0 Å². The number of hydrogen-bond donors (Lipinski definition) is 1. The molecule has 1 aliphatic carbocycles. The molecule has 0 saturated carbocycles. The number of allylic oxidation sites excluding steroid dienone is 3. The van der Waals surface area contributed by atoms with Crippen molar-refractivity contribution in [3.8, 4) is 0 Å². The maximum atomic E-state index is 13.8. The minimum Gasteiger partial charge on any atom is -0.464 e. The van der Waals surface area contributed by atoms with E-state index >= 15 is 0 Å². The molecular formula is C21H22FN5O3. The summed E-state index contributed by atoms with van der Waals surface area (Å²) in [7, 11) is 0. The number of anilines is 1. The molecule has 4 heterocycles. The van der Waals surface area contributed by atoms with Crippen LogP contribution in [0, 0.1) is 0 Å². The third-order valence-corrected chi connectivity index (χ3v) is 5.89. The van der Waals surface area contributed by atoms with E-state index in [2.05, 4.69) is 20.3 Å². The molecule has 0 aromatic carbocycles. The summed E-state index contributed by atoms with van der Waals surface area (Å²) < 4.78 is 20.2. The van der Waals surface area contributed by atoms with E-state index in [0.29, 0.717) is 30.9 Å². The van der Waals surface area contributed by atoms with E-state index in [1.54, 1.807) is 12.2 Å². The minimum absolute atomic E-state index is 0.100. The predicted octanol–water partition coefficient (Wildman–Crippen LogP) is 2.32. The normalized spacial score (nSPS) is 24.0. The zero-order valence-electron chi connectivity index (χ0n) is 16.4. The second-order valence-corrected chi connectivity index (χ2v) is 7.79. The van der Waals surface area contributed by atoms with Gasteiger partial charge in [-0.15, -0.1) is 5.10 Å². The summed E-state index contributed by atoms with van der Waals surface area (Å²) in [6, 6.07) is 3.15. The van der Waals surface area contributed by atoms with Crippen LogP contribution in [0.4, 0.5) is 10.2 Å². The van der Waals surface area contributed by atoms with Gasteiger partial charge in [0.1, 0.15) is 17.7 Å². The molecule has 2 saturated heterocycles. The summed E-state index contributed by atoms with van der Waals surface area (Å²) in [5.41, 5.74) is 1.88. The van der Waals surface area contributed by atoms with Crippen molar-refractivity contribution < 1.29 is 18.7 Å². The Labute approximate surface area is 172 Å². The molecule has 0 bridgehead atoms. The zero-order valence-corrected chi connectivity index (χ0v) is 16.4. The van der Waals surface area contributed by atoms with Gasteiger partial charge in [0, 0.05) is 13.0 Å². The van der Waals surface area contributed by atoms with Gasteiger partial charge in [-0.3, -0.25) is 4.79 Å². The summed E-state index contributed by atoms with van der Waals surface area (Å²) in [6.07, 6.45) is 8.65. The van der Waals surface area contributed by atoms with Crippen LogP contribution in [0.5, 0.6) is 0 Å². The largest absolute Gasteiger partial charge is 0.464 e. The Balaban J connectivity index is 1.43. The van der Waals surface area contributed by atoms with Gasteiger partial charge in [0.2, 0.25) is 0 Å². The van der Waals surface area contributed by atoms with E-state index in [9.17, 15) is 14.0 Å². The van der Waals surface area contributed by atoms with Gasteiger partial charge < -0.3 is 15.0 Å². The lowest BCUT2D eigenvalue weighted by Gasteiger charge is -2.28.